The molecule has 4 heterocycles. The summed E-state index contributed by atoms with van der Waals surface area (Å²) in [6, 6.07) is 41.1. The van der Waals surface area contributed by atoms with Gasteiger partial charge in [-0.1, -0.05) is 54.6 Å². The van der Waals surface area contributed by atoms with Crippen LogP contribution in [0.2, 0.25) is 0 Å². The molecule has 5 heteroatoms. The first-order valence-electron chi connectivity index (χ1n) is 14.0. The van der Waals surface area contributed by atoms with Crippen LogP contribution in [0.15, 0.2) is 140 Å². The lowest BCUT2D eigenvalue weighted by molar-refractivity contribution is 1.08. The quantitative estimate of drug-likeness (QED) is 0.226. The third kappa shape index (κ3) is 3.34. The van der Waals surface area contributed by atoms with E-state index in [-0.39, 0.29) is 0 Å². The minimum absolute atomic E-state index is 0.662. The van der Waals surface area contributed by atoms with Gasteiger partial charge in [-0.05, 0) is 71.4 Å². The summed E-state index contributed by atoms with van der Waals surface area (Å²) in [6.45, 7) is 0. The summed E-state index contributed by atoms with van der Waals surface area (Å²) >= 11 is 0. The highest BCUT2D eigenvalue weighted by Gasteiger charge is 2.17. The van der Waals surface area contributed by atoms with Gasteiger partial charge >= 0.3 is 0 Å². The maximum absolute atomic E-state index is 4.71. The van der Waals surface area contributed by atoms with Crippen LogP contribution in [0, 0.1) is 0 Å². The molecule has 9 rings (SSSR count). The van der Waals surface area contributed by atoms with Gasteiger partial charge in [0.25, 0.3) is 0 Å². The third-order valence-electron chi connectivity index (χ3n) is 8.25. The predicted octanol–water partition coefficient (Wildman–Crippen LogP) is 8.89. The first-order valence-corrected chi connectivity index (χ1v) is 14.0. The van der Waals surface area contributed by atoms with Gasteiger partial charge < -0.3 is 9.13 Å². The largest absolute Gasteiger partial charge is 0.309 e. The topological polar surface area (TPSA) is 48.5 Å². The van der Waals surface area contributed by atoms with E-state index in [9.17, 15) is 0 Å². The molecule has 5 aromatic carbocycles. The van der Waals surface area contributed by atoms with Crippen molar-refractivity contribution in [3.05, 3.63) is 140 Å². The molecule has 0 saturated heterocycles. The molecule has 0 aliphatic heterocycles. The zero-order chi connectivity index (χ0) is 27.6. The number of fused-ring (bicyclic) bond motifs is 7. The number of nitrogens with zero attached hydrogens (tertiary/aromatic N) is 5. The average molecular weight is 538 g/mol. The molecule has 42 heavy (non-hydrogen) atoms. The molecule has 9 aromatic rings. The van der Waals surface area contributed by atoms with Crippen LogP contribution in [-0.4, -0.2) is 24.1 Å². The molecular formula is C37H23N5. The second-order valence-corrected chi connectivity index (χ2v) is 10.6. The van der Waals surface area contributed by atoms with Crippen LogP contribution in [0.4, 0.5) is 0 Å². The van der Waals surface area contributed by atoms with E-state index < -0.39 is 0 Å². The number of hydrogen-bond acceptors (Lipinski definition) is 3. The Morgan fingerprint density at radius 1 is 0.429 bits per heavy atom. The molecule has 0 spiro atoms. The summed E-state index contributed by atoms with van der Waals surface area (Å²) in [5, 5.41) is 7.31. The van der Waals surface area contributed by atoms with Crippen LogP contribution in [0.5, 0.6) is 0 Å². The smallest absolute Gasteiger partial charge is 0.160 e. The van der Waals surface area contributed by atoms with Crippen LogP contribution >= 0.6 is 0 Å². The number of hydrogen-bond donors (Lipinski definition) is 0. The first-order chi connectivity index (χ1) is 20.8. The lowest BCUT2D eigenvalue weighted by Crippen LogP contribution is -1.98. The monoisotopic (exact) mass is 537 g/mol. The van der Waals surface area contributed by atoms with Gasteiger partial charge in [0.2, 0.25) is 0 Å². The summed E-state index contributed by atoms with van der Waals surface area (Å²) in [7, 11) is 0. The molecule has 0 atom stereocenters. The van der Waals surface area contributed by atoms with Crippen molar-refractivity contribution in [3.63, 3.8) is 0 Å². The van der Waals surface area contributed by atoms with Crippen LogP contribution in [0.1, 0.15) is 0 Å². The zero-order valence-corrected chi connectivity index (χ0v) is 22.5. The highest BCUT2D eigenvalue weighted by atomic mass is 15.0. The van der Waals surface area contributed by atoms with Crippen LogP contribution in [0.25, 0.3) is 77.1 Å². The highest BCUT2D eigenvalue weighted by Crippen LogP contribution is 2.39. The molecule has 0 N–H and O–H groups in total. The van der Waals surface area contributed by atoms with Gasteiger partial charge in [-0.25, -0.2) is 9.97 Å². The molecule has 0 aliphatic rings. The Morgan fingerprint density at radius 2 is 1.00 bits per heavy atom. The van der Waals surface area contributed by atoms with Crippen molar-refractivity contribution in [1.29, 1.82) is 0 Å². The fraction of sp³-hybridized carbons (Fsp3) is 0. The Balaban J connectivity index is 1.32. The van der Waals surface area contributed by atoms with Crippen LogP contribution in [0.3, 0.4) is 0 Å². The van der Waals surface area contributed by atoms with Gasteiger partial charge in [-0.3, -0.25) is 4.98 Å². The number of pyridine rings is 1. The molecule has 5 nitrogen and oxygen atoms in total. The maximum atomic E-state index is 4.71. The molecule has 4 aromatic heterocycles. The zero-order valence-electron chi connectivity index (χ0n) is 22.5. The van der Waals surface area contributed by atoms with Gasteiger partial charge in [-0.2, -0.15) is 0 Å². The number of aromatic nitrogens is 5. The number of para-hydroxylation sites is 3. The minimum Gasteiger partial charge on any atom is -0.309 e. The maximum Gasteiger partial charge on any atom is 0.160 e. The van der Waals surface area contributed by atoms with Gasteiger partial charge in [0.05, 0.1) is 40.1 Å². The molecule has 0 amide bonds. The van der Waals surface area contributed by atoms with E-state index in [1.807, 2.05) is 24.5 Å². The van der Waals surface area contributed by atoms with E-state index in [0.717, 1.165) is 28.0 Å². The standard InChI is InChI=1S/C37H23N5/c1-2-10-27(11-3-1)41-33-14-6-4-12-29(33)31-17-26-20-36-32(18-25(26)19-35(31)41)30-13-5-7-15-34(30)42(36)28-22-39-37(40-23-28)24-9-8-16-38-21-24/h1-23H. The van der Waals surface area contributed by atoms with E-state index in [0.29, 0.717) is 5.82 Å². The summed E-state index contributed by atoms with van der Waals surface area (Å²) in [4.78, 5) is 13.6. The first kappa shape index (κ1) is 22.9. The molecule has 0 saturated carbocycles. The Bertz CT molecular complexity index is 2440. The SMILES string of the molecule is c1ccc(-n2c3ccccc3c3cc4cc5c(cc4cc32)c2ccccc2n5-c2cnc(-c3cccnc3)nc2)cc1. The van der Waals surface area contributed by atoms with Gasteiger partial charge in [0.15, 0.2) is 5.82 Å². The van der Waals surface area contributed by atoms with Gasteiger partial charge in [-0.15, -0.1) is 0 Å². The minimum atomic E-state index is 0.662. The molecular weight excluding hydrogens is 514 g/mol. The van der Waals surface area contributed by atoms with Crippen molar-refractivity contribution in [1.82, 2.24) is 24.1 Å². The molecule has 196 valence electrons. The Labute approximate surface area is 241 Å². The molecule has 0 fully saturated rings. The van der Waals surface area contributed by atoms with Crippen molar-refractivity contribution in [2.24, 2.45) is 0 Å². The fourth-order valence-electron chi connectivity index (χ4n) is 6.39. The predicted molar refractivity (Wildman–Crippen MR) is 171 cm³/mol. The second kappa shape index (κ2) is 8.85. The lowest BCUT2D eigenvalue weighted by Gasteiger charge is -2.10. The normalized spacial score (nSPS) is 11.8. The summed E-state index contributed by atoms with van der Waals surface area (Å²) < 4.78 is 4.65. The average Bonchev–Trinajstić information content (AvgIpc) is 3.55. The Kier molecular flexibility index (Phi) is 4.83. The Morgan fingerprint density at radius 3 is 1.60 bits per heavy atom. The van der Waals surface area contributed by atoms with Crippen LogP contribution in [-0.2, 0) is 0 Å². The second-order valence-electron chi connectivity index (χ2n) is 10.6. The molecule has 0 bridgehead atoms. The van der Waals surface area contributed by atoms with Crippen molar-refractivity contribution >= 4 is 54.4 Å². The summed E-state index contributed by atoms with van der Waals surface area (Å²) in [6.07, 6.45) is 7.36. The van der Waals surface area contributed by atoms with E-state index >= 15 is 0 Å². The van der Waals surface area contributed by atoms with Crippen molar-refractivity contribution in [2.45, 2.75) is 0 Å². The fourth-order valence-corrected chi connectivity index (χ4v) is 6.39. The number of rotatable bonds is 3. The van der Waals surface area contributed by atoms with Gasteiger partial charge in [0, 0.05) is 45.2 Å². The van der Waals surface area contributed by atoms with Crippen LogP contribution < -0.4 is 0 Å². The molecule has 0 aliphatic carbocycles. The van der Waals surface area contributed by atoms with Crippen molar-refractivity contribution < 1.29 is 0 Å². The van der Waals surface area contributed by atoms with Crippen molar-refractivity contribution in [3.8, 4) is 22.8 Å². The third-order valence-corrected chi connectivity index (χ3v) is 8.25. The lowest BCUT2D eigenvalue weighted by atomic mass is 10.0. The van der Waals surface area contributed by atoms with E-state index in [4.69, 9.17) is 9.97 Å². The Hall–Kier alpha value is -5.81. The summed E-state index contributed by atoms with van der Waals surface area (Å²) in [5.41, 5.74) is 7.66. The number of benzene rings is 5. The molecule has 0 unspecified atom stereocenters. The van der Waals surface area contributed by atoms with E-state index in [2.05, 4.69) is 117 Å². The summed E-state index contributed by atoms with van der Waals surface area (Å²) in [5.74, 6) is 0.662. The van der Waals surface area contributed by atoms with Gasteiger partial charge in [0.1, 0.15) is 0 Å². The van der Waals surface area contributed by atoms with E-state index in [1.165, 1.54) is 43.4 Å². The highest BCUT2D eigenvalue weighted by molar-refractivity contribution is 6.18. The molecule has 0 radical (unpaired) electrons. The van der Waals surface area contributed by atoms with Crippen molar-refractivity contribution in [2.75, 3.05) is 0 Å². The van der Waals surface area contributed by atoms with E-state index in [1.54, 1.807) is 12.4 Å².